The van der Waals surface area contributed by atoms with Crippen LogP contribution in [0.2, 0.25) is 0 Å². The van der Waals surface area contributed by atoms with Gasteiger partial charge in [0.2, 0.25) is 0 Å². The zero-order chi connectivity index (χ0) is 20.5. The highest BCUT2D eigenvalue weighted by atomic mass is 32.1. The smallest absolute Gasteiger partial charge is 0.350 e. The standard InChI is InChI=1S/C20H29N5O2S/c1-6-22-20(23-11-9-16-8-10-21-12-13(16)3)25-15(5)18-24-14(4)17(28-18)19(26)27-7-2/h8,10,12,15H,6-7,9,11H2,1-5H3,(H2,22,23,25). The van der Waals surface area contributed by atoms with Gasteiger partial charge in [-0.3, -0.25) is 9.98 Å². The zero-order valence-corrected chi connectivity index (χ0v) is 18.0. The molecule has 2 aromatic heterocycles. The number of aryl methyl sites for hydroxylation is 2. The molecule has 0 spiro atoms. The Morgan fingerprint density at radius 3 is 2.82 bits per heavy atom. The van der Waals surface area contributed by atoms with Gasteiger partial charge in [-0.05, 0) is 58.2 Å². The average molecular weight is 404 g/mol. The Balaban J connectivity index is 2.03. The van der Waals surface area contributed by atoms with Crippen LogP contribution in [0, 0.1) is 13.8 Å². The summed E-state index contributed by atoms with van der Waals surface area (Å²) in [5.41, 5.74) is 3.12. The molecule has 0 amide bonds. The van der Waals surface area contributed by atoms with E-state index in [0.717, 1.165) is 23.9 Å². The summed E-state index contributed by atoms with van der Waals surface area (Å²) in [5.74, 6) is 0.413. The lowest BCUT2D eigenvalue weighted by atomic mass is 10.1. The first-order valence-corrected chi connectivity index (χ1v) is 10.4. The van der Waals surface area contributed by atoms with Crippen molar-refractivity contribution >= 4 is 23.3 Å². The molecule has 2 aromatic rings. The molecule has 1 atom stereocenters. The van der Waals surface area contributed by atoms with Crippen LogP contribution in [-0.4, -0.2) is 41.6 Å². The van der Waals surface area contributed by atoms with Crippen molar-refractivity contribution in [3.63, 3.8) is 0 Å². The number of aliphatic imine (C=N–C) groups is 1. The second-order valence-electron chi connectivity index (χ2n) is 6.37. The minimum Gasteiger partial charge on any atom is -0.462 e. The third-order valence-electron chi connectivity index (χ3n) is 4.13. The minimum atomic E-state index is -0.316. The molecule has 0 saturated carbocycles. The van der Waals surface area contributed by atoms with E-state index in [-0.39, 0.29) is 12.0 Å². The molecule has 0 bridgehead atoms. The second kappa shape index (κ2) is 10.8. The fourth-order valence-electron chi connectivity index (χ4n) is 2.65. The van der Waals surface area contributed by atoms with Crippen LogP contribution in [0.4, 0.5) is 0 Å². The van der Waals surface area contributed by atoms with E-state index in [4.69, 9.17) is 4.74 Å². The molecule has 0 aromatic carbocycles. The van der Waals surface area contributed by atoms with E-state index in [2.05, 4.69) is 32.5 Å². The van der Waals surface area contributed by atoms with Gasteiger partial charge in [-0.25, -0.2) is 9.78 Å². The van der Waals surface area contributed by atoms with Crippen molar-refractivity contribution in [1.82, 2.24) is 20.6 Å². The highest BCUT2D eigenvalue weighted by molar-refractivity contribution is 7.13. The Hall–Kier alpha value is -2.48. The summed E-state index contributed by atoms with van der Waals surface area (Å²) in [6.07, 6.45) is 4.53. The number of hydrogen-bond acceptors (Lipinski definition) is 6. The summed E-state index contributed by atoms with van der Waals surface area (Å²) < 4.78 is 5.10. The number of carbonyl (C=O) groups is 1. The predicted octanol–water partition coefficient (Wildman–Crippen LogP) is 3.19. The molecule has 2 heterocycles. The Labute approximate surface area is 170 Å². The summed E-state index contributed by atoms with van der Waals surface area (Å²) in [6, 6.07) is 1.95. The number of nitrogens with zero attached hydrogens (tertiary/aromatic N) is 3. The predicted molar refractivity (Wildman–Crippen MR) is 113 cm³/mol. The molecule has 1 unspecified atom stereocenters. The molecule has 2 N–H and O–H groups in total. The number of hydrogen-bond donors (Lipinski definition) is 2. The fraction of sp³-hybridized carbons (Fsp3) is 0.500. The first kappa shape index (κ1) is 21.8. The van der Waals surface area contributed by atoms with Crippen molar-refractivity contribution in [2.75, 3.05) is 19.7 Å². The first-order chi connectivity index (χ1) is 13.5. The molecule has 0 aliphatic rings. The topological polar surface area (TPSA) is 88.5 Å². The van der Waals surface area contributed by atoms with Crippen molar-refractivity contribution in [3.05, 3.63) is 45.2 Å². The van der Waals surface area contributed by atoms with Crippen LogP contribution in [0.1, 0.15) is 58.3 Å². The van der Waals surface area contributed by atoms with Crippen LogP contribution >= 0.6 is 11.3 Å². The second-order valence-corrected chi connectivity index (χ2v) is 7.40. The van der Waals surface area contributed by atoms with Crippen LogP contribution in [-0.2, 0) is 11.2 Å². The SMILES string of the molecule is CCNC(=NCCc1ccncc1C)NC(C)c1nc(C)c(C(=O)OCC)s1. The molecule has 0 radical (unpaired) electrons. The van der Waals surface area contributed by atoms with E-state index >= 15 is 0 Å². The maximum Gasteiger partial charge on any atom is 0.350 e. The van der Waals surface area contributed by atoms with Gasteiger partial charge >= 0.3 is 5.97 Å². The van der Waals surface area contributed by atoms with Gasteiger partial charge in [-0.1, -0.05) is 0 Å². The quantitative estimate of drug-likeness (QED) is 0.400. The van der Waals surface area contributed by atoms with Crippen molar-refractivity contribution < 1.29 is 9.53 Å². The molecular formula is C20H29N5O2S. The van der Waals surface area contributed by atoms with Crippen molar-refractivity contribution in [2.24, 2.45) is 4.99 Å². The molecule has 0 saturated heterocycles. The molecule has 0 fully saturated rings. The summed E-state index contributed by atoms with van der Waals surface area (Å²) in [4.78, 5) is 25.9. The van der Waals surface area contributed by atoms with Gasteiger partial charge in [-0.2, -0.15) is 0 Å². The third-order valence-corrected chi connectivity index (χ3v) is 5.45. The monoisotopic (exact) mass is 403 g/mol. The van der Waals surface area contributed by atoms with E-state index in [1.807, 2.05) is 39.2 Å². The highest BCUT2D eigenvalue weighted by Gasteiger charge is 2.20. The molecule has 0 aliphatic carbocycles. The highest BCUT2D eigenvalue weighted by Crippen LogP contribution is 2.24. The van der Waals surface area contributed by atoms with Crippen molar-refractivity contribution in [2.45, 2.75) is 47.1 Å². The Kier molecular flexibility index (Phi) is 8.38. The summed E-state index contributed by atoms with van der Waals surface area (Å²) in [5, 5.41) is 7.46. The van der Waals surface area contributed by atoms with Gasteiger partial charge < -0.3 is 15.4 Å². The molecule has 28 heavy (non-hydrogen) atoms. The van der Waals surface area contributed by atoms with E-state index in [1.54, 1.807) is 6.92 Å². The van der Waals surface area contributed by atoms with Crippen LogP contribution < -0.4 is 10.6 Å². The van der Waals surface area contributed by atoms with Gasteiger partial charge in [0.05, 0.1) is 18.3 Å². The number of thiazole rings is 1. The van der Waals surface area contributed by atoms with Gasteiger partial charge in [0.25, 0.3) is 0 Å². The Morgan fingerprint density at radius 1 is 1.36 bits per heavy atom. The number of aromatic nitrogens is 2. The van der Waals surface area contributed by atoms with E-state index in [1.165, 1.54) is 22.5 Å². The molecule has 0 aliphatic heterocycles. The average Bonchev–Trinajstić information content (AvgIpc) is 3.05. The molecule has 152 valence electrons. The first-order valence-electron chi connectivity index (χ1n) is 9.55. The number of pyridine rings is 1. The Morgan fingerprint density at radius 2 is 2.14 bits per heavy atom. The van der Waals surface area contributed by atoms with Crippen molar-refractivity contribution in [3.8, 4) is 0 Å². The maximum absolute atomic E-state index is 12.0. The fourth-order valence-corrected chi connectivity index (χ4v) is 3.61. The van der Waals surface area contributed by atoms with Crippen LogP contribution in [0.15, 0.2) is 23.5 Å². The lowest BCUT2D eigenvalue weighted by molar-refractivity contribution is 0.0531. The van der Waals surface area contributed by atoms with Gasteiger partial charge in [0.15, 0.2) is 5.96 Å². The van der Waals surface area contributed by atoms with Crippen molar-refractivity contribution in [1.29, 1.82) is 0 Å². The van der Waals surface area contributed by atoms with Gasteiger partial charge in [0.1, 0.15) is 9.88 Å². The lowest BCUT2D eigenvalue weighted by Gasteiger charge is -2.16. The number of guanidine groups is 1. The van der Waals surface area contributed by atoms with Crippen LogP contribution in [0.25, 0.3) is 0 Å². The summed E-state index contributed by atoms with van der Waals surface area (Å²) in [6.45, 7) is 11.5. The normalized spacial score (nSPS) is 12.5. The number of nitrogens with one attached hydrogen (secondary N) is 2. The van der Waals surface area contributed by atoms with E-state index in [0.29, 0.717) is 23.7 Å². The molecule has 7 nitrogen and oxygen atoms in total. The van der Waals surface area contributed by atoms with Crippen LogP contribution in [0.5, 0.6) is 0 Å². The van der Waals surface area contributed by atoms with E-state index in [9.17, 15) is 4.79 Å². The van der Waals surface area contributed by atoms with Crippen LogP contribution in [0.3, 0.4) is 0 Å². The molecule has 2 rings (SSSR count). The lowest BCUT2D eigenvalue weighted by Crippen LogP contribution is -2.38. The summed E-state index contributed by atoms with van der Waals surface area (Å²) >= 11 is 1.36. The zero-order valence-electron chi connectivity index (χ0n) is 17.2. The minimum absolute atomic E-state index is 0.0765. The number of ether oxygens (including phenoxy) is 1. The largest absolute Gasteiger partial charge is 0.462 e. The molecule has 8 heteroatoms. The maximum atomic E-state index is 12.0. The van der Waals surface area contributed by atoms with E-state index < -0.39 is 0 Å². The summed E-state index contributed by atoms with van der Waals surface area (Å²) in [7, 11) is 0. The third kappa shape index (κ3) is 6.02. The number of rotatable bonds is 8. The Bertz CT molecular complexity index is 819. The van der Waals surface area contributed by atoms with Gasteiger partial charge in [-0.15, -0.1) is 11.3 Å². The molecular weight excluding hydrogens is 374 g/mol. The number of esters is 1. The van der Waals surface area contributed by atoms with Gasteiger partial charge in [0, 0.05) is 25.5 Å². The number of carbonyl (C=O) groups excluding carboxylic acids is 1.